The van der Waals surface area contributed by atoms with Gasteiger partial charge in [0.2, 0.25) is 11.8 Å². The number of nitrogens with zero attached hydrogens (tertiary/aromatic N) is 1. The highest BCUT2D eigenvalue weighted by Crippen LogP contribution is 2.56. The quantitative estimate of drug-likeness (QED) is 0.185. The molecular weight excluding hydrogens is 502 g/mol. The molecule has 2 aliphatic heterocycles. The molecule has 0 N–H and O–H groups in total. The van der Waals surface area contributed by atoms with Crippen LogP contribution in [0.1, 0.15) is 28.2 Å². The maximum absolute atomic E-state index is 14.3. The lowest BCUT2D eigenvalue weighted by molar-refractivity contribution is -0.142. The Morgan fingerprint density at radius 3 is 2.33 bits per heavy atom. The predicted octanol–water partition coefficient (Wildman–Crippen LogP) is 5.99. The lowest BCUT2D eigenvalue weighted by Crippen LogP contribution is -2.42. The van der Waals surface area contributed by atoms with Crippen LogP contribution >= 0.6 is 0 Å². The van der Waals surface area contributed by atoms with E-state index in [0.29, 0.717) is 17.2 Å². The lowest BCUT2D eigenvalue weighted by Gasteiger charge is -2.38. The number of hydrogen-bond donors (Lipinski definition) is 0. The summed E-state index contributed by atoms with van der Waals surface area (Å²) >= 11 is 0. The van der Waals surface area contributed by atoms with Gasteiger partial charge in [0.05, 0.1) is 30.6 Å². The number of carbonyl (C=O) groups is 3. The number of hydrogen-bond acceptors (Lipinski definition) is 5. The van der Waals surface area contributed by atoms with Crippen molar-refractivity contribution < 1.29 is 23.9 Å². The summed E-state index contributed by atoms with van der Waals surface area (Å²) in [6, 6.07) is 24.9. The highest BCUT2D eigenvalue weighted by atomic mass is 16.5. The van der Waals surface area contributed by atoms with Crippen LogP contribution in [-0.4, -0.2) is 24.9 Å². The van der Waals surface area contributed by atoms with E-state index in [2.05, 4.69) is 0 Å². The molecule has 0 saturated carbocycles. The van der Waals surface area contributed by atoms with Crippen molar-refractivity contribution in [2.75, 3.05) is 12.0 Å². The molecule has 0 unspecified atom stereocenters. The number of rotatable bonds is 3. The molecule has 0 radical (unpaired) electrons. The van der Waals surface area contributed by atoms with Crippen molar-refractivity contribution in [2.24, 2.45) is 17.8 Å². The van der Waals surface area contributed by atoms with Gasteiger partial charge in [-0.15, -0.1) is 0 Å². The minimum absolute atomic E-state index is 0.297. The van der Waals surface area contributed by atoms with Crippen molar-refractivity contribution >= 4 is 39.8 Å². The minimum atomic E-state index is -0.889. The summed E-state index contributed by atoms with van der Waals surface area (Å²) in [6.45, 7) is 3.87. The molecule has 198 valence electrons. The number of ether oxygens (including phenoxy) is 2. The fourth-order valence-electron chi connectivity index (χ4n) is 6.78. The van der Waals surface area contributed by atoms with Crippen LogP contribution in [0.4, 0.5) is 5.69 Å². The fraction of sp³-hybridized carbons (Fsp3) is 0.206. The molecule has 7 rings (SSSR count). The van der Waals surface area contributed by atoms with Crippen molar-refractivity contribution in [3.05, 3.63) is 107 Å². The van der Waals surface area contributed by atoms with Gasteiger partial charge in [-0.05, 0) is 65.6 Å². The normalized spacial score (nSPS) is 23.3. The zero-order valence-electron chi connectivity index (χ0n) is 22.4. The molecule has 6 nitrogen and oxygen atoms in total. The van der Waals surface area contributed by atoms with Crippen molar-refractivity contribution in [3.8, 4) is 11.5 Å². The van der Waals surface area contributed by atoms with Crippen LogP contribution in [0.3, 0.4) is 0 Å². The zero-order valence-corrected chi connectivity index (χ0v) is 22.4. The number of aryl methyl sites for hydroxylation is 2. The Bertz CT molecular complexity index is 1770. The molecule has 2 amide bonds. The number of imide groups is 1. The van der Waals surface area contributed by atoms with Crippen molar-refractivity contribution in [1.82, 2.24) is 0 Å². The van der Waals surface area contributed by atoms with E-state index in [0.717, 1.165) is 38.6 Å². The number of benzene rings is 4. The van der Waals surface area contributed by atoms with Crippen LogP contribution in [0.5, 0.6) is 11.5 Å². The maximum atomic E-state index is 14.3. The summed E-state index contributed by atoms with van der Waals surface area (Å²) in [5, 5.41) is 1.95. The summed E-state index contributed by atoms with van der Waals surface area (Å²) in [5.74, 6) is -2.94. The van der Waals surface area contributed by atoms with Crippen LogP contribution in [0, 0.1) is 31.6 Å². The topological polar surface area (TPSA) is 72.9 Å². The number of allylic oxidation sites excluding steroid dienone is 1. The number of anilines is 1. The molecule has 0 spiro atoms. The molecule has 0 aromatic heterocycles. The Morgan fingerprint density at radius 2 is 1.57 bits per heavy atom. The van der Waals surface area contributed by atoms with Gasteiger partial charge in [0, 0.05) is 11.5 Å². The van der Waals surface area contributed by atoms with E-state index in [9.17, 15) is 14.4 Å². The number of methoxy groups -OCH3 is 1. The predicted molar refractivity (Wildman–Crippen MR) is 152 cm³/mol. The first-order valence-electron chi connectivity index (χ1n) is 13.4. The lowest BCUT2D eigenvalue weighted by atomic mass is 9.64. The third-order valence-electron chi connectivity index (χ3n) is 8.58. The van der Waals surface area contributed by atoms with Crippen LogP contribution < -0.4 is 14.4 Å². The Labute approximate surface area is 231 Å². The second-order valence-corrected chi connectivity index (χ2v) is 10.8. The molecule has 1 saturated heterocycles. The average molecular weight is 530 g/mol. The van der Waals surface area contributed by atoms with Gasteiger partial charge in [0.1, 0.15) is 11.5 Å². The molecule has 1 fully saturated rings. The largest absolute Gasteiger partial charge is 0.497 e. The Hall–Kier alpha value is -4.71. The molecule has 1 aliphatic carbocycles. The molecule has 4 aromatic rings. The second-order valence-electron chi connectivity index (χ2n) is 10.8. The second kappa shape index (κ2) is 8.91. The smallest absolute Gasteiger partial charge is 0.319 e. The van der Waals surface area contributed by atoms with Crippen molar-refractivity contribution in [1.29, 1.82) is 0 Å². The van der Waals surface area contributed by atoms with E-state index in [1.165, 1.54) is 4.90 Å². The first-order chi connectivity index (χ1) is 19.4. The third-order valence-corrected chi connectivity index (χ3v) is 8.58. The van der Waals surface area contributed by atoms with Crippen LogP contribution in [0.25, 0.3) is 16.3 Å². The summed E-state index contributed by atoms with van der Waals surface area (Å²) in [4.78, 5) is 43.5. The fourth-order valence-corrected chi connectivity index (χ4v) is 6.78. The van der Waals surface area contributed by atoms with Crippen molar-refractivity contribution in [3.63, 3.8) is 0 Å². The standard InChI is InChI=1S/C34H27NO5/c1-18-8-14-26(19(2)16-18)35-32(36)29-24(21-9-12-22(39-3)13-10-21)17-25-28-23-7-5-4-6-20(23)11-15-27(28)40-34(38)30(25)31(29)33(35)37/h4-17,24,29-31H,1-3H3/t24-,29+,30-,31-/m0/s1. The molecule has 3 aliphatic rings. The van der Waals surface area contributed by atoms with E-state index < -0.39 is 29.6 Å². The van der Waals surface area contributed by atoms with Gasteiger partial charge in [-0.2, -0.15) is 0 Å². The minimum Gasteiger partial charge on any atom is -0.497 e. The maximum Gasteiger partial charge on any atom is 0.319 e. The first-order valence-corrected chi connectivity index (χ1v) is 13.4. The highest BCUT2D eigenvalue weighted by Gasteiger charge is 2.60. The molecular formula is C34H27NO5. The summed E-state index contributed by atoms with van der Waals surface area (Å²) in [6.07, 6.45) is 2.02. The van der Waals surface area contributed by atoms with E-state index >= 15 is 0 Å². The van der Waals surface area contributed by atoms with Gasteiger partial charge in [-0.3, -0.25) is 14.4 Å². The van der Waals surface area contributed by atoms with Gasteiger partial charge in [0.15, 0.2) is 0 Å². The highest BCUT2D eigenvalue weighted by molar-refractivity contribution is 6.25. The number of esters is 1. The molecule has 0 bridgehead atoms. The van der Waals surface area contributed by atoms with E-state index in [-0.39, 0.29) is 11.8 Å². The van der Waals surface area contributed by atoms with Gasteiger partial charge >= 0.3 is 5.97 Å². The van der Waals surface area contributed by atoms with Crippen molar-refractivity contribution in [2.45, 2.75) is 19.8 Å². The van der Waals surface area contributed by atoms with Gasteiger partial charge < -0.3 is 9.47 Å². The zero-order chi connectivity index (χ0) is 27.7. The third kappa shape index (κ3) is 3.45. The number of amides is 2. The Kier molecular flexibility index (Phi) is 5.42. The number of carbonyl (C=O) groups excluding carboxylic acids is 3. The van der Waals surface area contributed by atoms with Gasteiger partial charge in [-0.1, -0.05) is 66.2 Å². The number of fused-ring (bicyclic) bond motifs is 7. The van der Waals surface area contributed by atoms with Crippen LogP contribution in [0.15, 0.2) is 84.9 Å². The molecule has 4 aromatic carbocycles. The molecule has 40 heavy (non-hydrogen) atoms. The molecule has 6 heteroatoms. The average Bonchev–Trinajstić information content (AvgIpc) is 3.22. The van der Waals surface area contributed by atoms with E-state index in [1.54, 1.807) is 7.11 Å². The monoisotopic (exact) mass is 529 g/mol. The Morgan fingerprint density at radius 1 is 0.825 bits per heavy atom. The summed E-state index contributed by atoms with van der Waals surface area (Å²) in [5.41, 5.74) is 4.86. The van der Waals surface area contributed by atoms with Crippen LogP contribution in [0.2, 0.25) is 0 Å². The van der Waals surface area contributed by atoms with E-state index in [1.807, 2.05) is 98.8 Å². The van der Waals surface area contributed by atoms with Crippen LogP contribution in [-0.2, 0) is 14.4 Å². The summed E-state index contributed by atoms with van der Waals surface area (Å²) < 4.78 is 11.2. The van der Waals surface area contributed by atoms with E-state index in [4.69, 9.17) is 9.47 Å². The van der Waals surface area contributed by atoms with Gasteiger partial charge in [-0.25, -0.2) is 4.90 Å². The molecule has 2 heterocycles. The van der Waals surface area contributed by atoms with Gasteiger partial charge in [0.25, 0.3) is 0 Å². The summed E-state index contributed by atoms with van der Waals surface area (Å²) in [7, 11) is 1.61. The first kappa shape index (κ1) is 24.3. The SMILES string of the molecule is COc1ccc([C@@H]2C=C3c4c(ccc5ccccc45)OC(=O)[C@@H]3[C@H]3C(=O)N(c4ccc(C)cc4C)C(=O)[C@@H]32)cc1. The molecule has 4 atom stereocenters. The Balaban J connectivity index is 1.46.